The summed E-state index contributed by atoms with van der Waals surface area (Å²) in [7, 11) is 1.83. The number of hydrogen-bond acceptors (Lipinski definition) is 3. The van der Waals surface area contributed by atoms with Gasteiger partial charge in [-0.2, -0.15) is 0 Å². The maximum Gasteiger partial charge on any atom is 0.236 e. The number of nitrogens with one attached hydrogen (secondary N) is 1. The first-order valence-corrected chi connectivity index (χ1v) is 13.8. The fourth-order valence-corrected chi connectivity index (χ4v) is 5.55. The van der Waals surface area contributed by atoms with Crippen molar-refractivity contribution in [3.05, 3.63) is 69.2 Å². The third kappa shape index (κ3) is 9.09. The van der Waals surface area contributed by atoms with E-state index in [1.165, 1.54) is 49.2 Å². The fourth-order valence-electron chi connectivity index (χ4n) is 5.23. The van der Waals surface area contributed by atoms with Gasteiger partial charge in [0.1, 0.15) is 0 Å². The van der Waals surface area contributed by atoms with Gasteiger partial charge in [-0.15, -0.1) is 0 Å². The van der Waals surface area contributed by atoms with Crippen molar-refractivity contribution in [3.63, 3.8) is 0 Å². The van der Waals surface area contributed by atoms with Crippen molar-refractivity contribution in [2.45, 2.75) is 51.9 Å². The van der Waals surface area contributed by atoms with Gasteiger partial charge < -0.3 is 15.1 Å². The van der Waals surface area contributed by atoms with E-state index < -0.39 is 0 Å². The van der Waals surface area contributed by atoms with Crippen molar-refractivity contribution >= 4 is 29.1 Å². The number of halogens is 2. The molecule has 0 radical (unpaired) electrons. The Hall–Kier alpha value is -1.59. The van der Waals surface area contributed by atoms with Crippen LogP contribution in [0.3, 0.4) is 0 Å². The molecule has 2 heterocycles. The van der Waals surface area contributed by atoms with Crippen LogP contribution in [0.4, 0.5) is 0 Å². The summed E-state index contributed by atoms with van der Waals surface area (Å²) in [6.45, 7) is 10.2. The minimum atomic E-state index is 0.214. The first kappa shape index (κ1) is 28.0. The molecule has 0 saturated carbocycles. The lowest BCUT2D eigenvalue weighted by molar-refractivity contribution is -0.131. The third-order valence-corrected chi connectivity index (χ3v) is 7.56. The number of amides is 1. The fraction of sp³-hybridized carbons (Fsp3) is 0.552. The molecular weight excluding hydrogens is 477 g/mol. The predicted octanol–water partition coefficient (Wildman–Crippen LogP) is 6.19. The number of carbonyl (C=O) groups excluding carboxylic acids is 1. The average molecular weight is 519 g/mol. The molecule has 2 saturated heterocycles. The molecule has 1 atom stereocenters. The van der Waals surface area contributed by atoms with Gasteiger partial charge in [-0.05, 0) is 106 Å². The van der Waals surface area contributed by atoms with Crippen molar-refractivity contribution in [3.8, 4) is 0 Å². The highest BCUT2D eigenvalue weighted by molar-refractivity contribution is 6.30. The Balaban J connectivity index is 0.000000363. The second-order valence-corrected chi connectivity index (χ2v) is 11.0. The average Bonchev–Trinajstić information content (AvgIpc) is 3.35. The molecule has 4 nitrogen and oxygen atoms in total. The molecule has 1 unspecified atom stereocenters. The van der Waals surface area contributed by atoms with Gasteiger partial charge in [-0.3, -0.25) is 4.79 Å². The Bertz CT molecular complexity index is 899. The first-order chi connectivity index (χ1) is 16.9. The molecule has 0 spiro atoms. The predicted molar refractivity (Wildman–Crippen MR) is 149 cm³/mol. The molecule has 6 heteroatoms. The molecule has 1 amide bonds. The van der Waals surface area contributed by atoms with Crippen LogP contribution < -0.4 is 5.32 Å². The summed E-state index contributed by atoms with van der Waals surface area (Å²) in [5.74, 6) is 1.39. The number of rotatable bonds is 7. The number of aryl methyl sites for hydroxylation is 1. The zero-order valence-electron chi connectivity index (χ0n) is 21.5. The topological polar surface area (TPSA) is 35.6 Å². The molecule has 35 heavy (non-hydrogen) atoms. The Morgan fingerprint density at radius 3 is 2.23 bits per heavy atom. The van der Waals surface area contributed by atoms with Gasteiger partial charge in [0, 0.05) is 29.7 Å². The van der Waals surface area contributed by atoms with Crippen molar-refractivity contribution in [1.29, 1.82) is 0 Å². The summed E-state index contributed by atoms with van der Waals surface area (Å²) in [6, 6.07) is 14.2. The molecule has 192 valence electrons. The molecule has 2 fully saturated rings. The highest BCUT2D eigenvalue weighted by atomic mass is 35.5. The van der Waals surface area contributed by atoms with Gasteiger partial charge in [0.2, 0.25) is 5.91 Å². The van der Waals surface area contributed by atoms with Crippen molar-refractivity contribution in [2.75, 3.05) is 46.3 Å². The van der Waals surface area contributed by atoms with Crippen molar-refractivity contribution < 1.29 is 4.79 Å². The van der Waals surface area contributed by atoms with E-state index in [1.54, 1.807) is 0 Å². The summed E-state index contributed by atoms with van der Waals surface area (Å²) < 4.78 is 0. The van der Waals surface area contributed by atoms with E-state index in [0.717, 1.165) is 42.4 Å². The standard InChI is InChI=1S/C22H34ClN3O.C7H7Cl/c1-17(16-25-9-3-4-10-25)13-19-14-20(23)5-6-21(19)18-7-11-26(12-8-18)22(27)15-24-2;1-6-2-4-7(8)5-3-6/h5-6,14,17-18,24H,3-4,7-13,15-16H2,1-2H3;2-5H,1H3. The maximum atomic E-state index is 12.1. The molecule has 0 aromatic heterocycles. The molecule has 2 aromatic carbocycles. The lowest BCUT2D eigenvalue weighted by Gasteiger charge is -2.33. The van der Waals surface area contributed by atoms with E-state index in [1.807, 2.05) is 49.2 Å². The van der Waals surface area contributed by atoms with Gasteiger partial charge in [0.25, 0.3) is 0 Å². The van der Waals surface area contributed by atoms with E-state index in [9.17, 15) is 4.79 Å². The Kier molecular flexibility index (Phi) is 11.4. The molecule has 2 aliphatic heterocycles. The summed E-state index contributed by atoms with van der Waals surface area (Å²) in [5, 5.41) is 4.60. The smallest absolute Gasteiger partial charge is 0.236 e. The van der Waals surface area contributed by atoms with Crippen LogP contribution in [0.5, 0.6) is 0 Å². The number of likely N-dealkylation sites (tertiary alicyclic amines) is 2. The van der Waals surface area contributed by atoms with Gasteiger partial charge in [0.15, 0.2) is 0 Å². The number of nitrogens with zero attached hydrogens (tertiary/aromatic N) is 2. The third-order valence-electron chi connectivity index (χ3n) is 7.07. The Labute approximate surface area is 222 Å². The van der Waals surface area contributed by atoms with Crippen LogP contribution in [0, 0.1) is 12.8 Å². The second-order valence-electron chi connectivity index (χ2n) is 10.1. The van der Waals surface area contributed by atoms with Gasteiger partial charge >= 0.3 is 0 Å². The molecular formula is C29H41Cl2N3O. The SMILES string of the molecule is CNCC(=O)N1CCC(c2ccc(Cl)cc2CC(C)CN2CCCC2)CC1.Cc1ccc(Cl)cc1. The maximum absolute atomic E-state index is 12.1. The normalized spacial score (nSPS) is 17.7. The van der Waals surface area contributed by atoms with Crippen LogP contribution in [-0.4, -0.2) is 62.0 Å². The van der Waals surface area contributed by atoms with Crippen LogP contribution in [0.25, 0.3) is 0 Å². The van der Waals surface area contributed by atoms with Crippen LogP contribution >= 0.6 is 23.2 Å². The van der Waals surface area contributed by atoms with Crippen molar-refractivity contribution in [2.24, 2.45) is 5.92 Å². The summed E-state index contributed by atoms with van der Waals surface area (Å²) >= 11 is 12.0. The van der Waals surface area contributed by atoms with E-state index in [-0.39, 0.29) is 5.91 Å². The monoisotopic (exact) mass is 517 g/mol. The summed E-state index contributed by atoms with van der Waals surface area (Å²) in [4.78, 5) is 16.7. The van der Waals surface area contributed by atoms with E-state index in [0.29, 0.717) is 18.4 Å². The molecule has 2 aromatic rings. The van der Waals surface area contributed by atoms with E-state index in [4.69, 9.17) is 23.2 Å². The van der Waals surface area contributed by atoms with Gasteiger partial charge in [-0.25, -0.2) is 0 Å². The Morgan fingerprint density at radius 2 is 1.63 bits per heavy atom. The van der Waals surface area contributed by atoms with Crippen LogP contribution in [0.2, 0.25) is 10.0 Å². The van der Waals surface area contributed by atoms with Gasteiger partial charge in [-0.1, -0.05) is 53.9 Å². The van der Waals surface area contributed by atoms with E-state index >= 15 is 0 Å². The summed E-state index contributed by atoms with van der Waals surface area (Å²) in [5.41, 5.74) is 4.11. The number of piperidine rings is 1. The zero-order valence-corrected chi connectivity index (χ0v) is 23.0. The van der Waals surface area contributed by atoms with Crippen LogP contribution in [-0.2, 0) is 11.2 Å². The molecule has 4 rings (SSSR count). The van der Waals surface area contributed by atoms with Gasteiger partial charge in [0.05, 0.1) is 6.54 Å². The molecule has 0 aliphatic carbocycles. The zero-order chi connectivity index (χ0) is 25.2. The lowest BCUT2D eigenvalue weighted by atomic mass is 9.84. The first-order valence-electron chi connectivity index (χ1n) is 13.0. The van der Waals surface area contributed by atoms with E-state index in [2.05, 4.69) is 29.3 Å². The number of hydrogen-bond donors (Lipinski definition) is 1. The highest BCUT2D eigenvalue weighted by Crippen LogP contribution is 2.33. The lowest BCUT2D eigenvalue weighted by Crippen LogP contribution is -2.42. The minimum absolute atomic E-state index is 0.214. The quantitative estimate of drug-likeness (QED) is 0.475. The molecule has 1 N–H and O–H groups in total. The minimum Gasteiger partial charge on any atom is -0.342 e. The largest absolute Gasteiger partial charge is 0.342 e. The molecule has 0 bridgehead atoms. The van der Waals surface area contributed by atoms with Crippen LogP contribution in [0.1, 0.15) is 55.2 Å². The highest BCUT2D eigenvalue weighted by Gasteiger charge is 2.25. The number of benzene rings is 2. The Morgan fingerprint density at radius 1 is 1.00 bits per heavy atom. The summed E-state index contributed by atoms with van der Waals surface area (Å²) in [6.07, 6.45) is 5.88. The number of likely N-dealkylation sites (N-methyl/N-ethyl adjacent to an activating group) is 1. The molecule has 2 aliphatic rings. The van der Waals surface area contributed by atoms with Crippen LogP contribution in [0.15, 0.2) is 42.5 Å². The second kappa shape index (κ2) is 14.2. The van der Waals surface area contributed by atoms with Crippen molar-refractivity contribution in [1.82, 2.24) is 15.1 Å². The number of carbonyl (C=O) groups is 1.